The van der Waals surface area contributed by atoms with E-state index in [1.54, 1.807) is 35.7 Å². The van der Waals surface area contributed by atoms with Gasteiger partial charge in [-0.25, -0.2) is 28.1 Å². The van der Waals surface area contributed by atoms with Gasteiger partial charge in [-0.3, -0.25) is 9.20 Å². The molecule has 0 amide bonds. The van der Waals surface area contributed by atoms with Crippen LogP contribution in [0.5, 0.6) is 0 Å². The molecule has 2 heterocycles. The first kappa shape index (κ1) is 18.2. The zero-order chi connectivity index (χ0) is 20.6. The van der Waals surface area contributed by atoms with Gasteiger partial charge >= 0.3 is 0 Å². The first-order valence-corrected chi connectivity index (χ1v) is 10.7. The van der Waals surface area contributed by atoms with Crippen molar-refractivity contribution in [2.45, 2.75) is 43.5 Å². The van der Waals surface area contributed by atoms with Crippen LogP contribution in [0, 0.1) is 12.3 Å². The molecular formula is C19H20N6O3S. The molecule has 10 heteroatoms. The number of rotatable bonds is 5. The van der Waals surface area contributed by atoms with Gasteiger partial charge in [0.25, 0.3) is 0 Å². The molecule has 6 rings (SSSR count). The first-order valence-electron chi connectivity index (χ1n) is 9.25. The molecule has 3 N–H and O–H groups in total. The van der Waals surface area contributed by atoms with Crippen molar-refractivity contribution in [2.24, 2.45) is 5.41 Å². The lowest BCUT2D eigenvalue weighted by atomic mass is 9.38. The summed E-state index contributed by atoms with van der Waals surface area (Å²) in [4.78, 5) is 24.3. The Bertz CT molecular complexity index is 1280. The number of nitrogens with two attached hydrogens (primary N) is 1. The fraction of sp³-hybridized carbons (Fsp3) is 0.368. The zero-order valence-electron chi connectivity index (χ0n) is 16.0. The third-order valence-corrected chi connectivity index (χ3v) is 7.80. The Labute approximate surface area is 167 Å². The predicted octanol–water partition coefficient (Wildman–Crippen LogP) is 1.47. The molecule has 3 aliphatic carbocycles. The summed E-state index contributed by atoms with van der Waals surface area (Å²) in [6, 6.07) is 4.94. The van der Waals surface area contributed by atoms with Gasteiger partial charge in [-0.1, -0.05) is 6.07 Å². The molecular weight excluding hydrogens is 392 g/mol. The van der Waals surface area contributed by atoms with Crippen molar-refractivity contribution in [1.82, 2.24) is 24.1 Å². The van der Waals surface area contributed by atoms with E-state index in [-0.39, 0.29) is 22.0 Å². The second-order valence-electron chi connectivity index (χ2n) is 8.26. The summed E-state index contributed by atoms with van der Waals surface area (Å²) in [5.41, 5.74) is 7.18. The van der Waals surface area contributed by atoms with Gasteiger partial charge in [0, 0.05) is 22.7 Å². The summed E-state index contributed by atoms with van der Waals surface area (Å²) in [6.07, 6.45) is 4.76. The lowest BCUT2D eigenvalue weighted by molar-refractivity contribution is -0.171. The Balaban J connectivity index is 1.48. The molecule has 0 aliphatic heterocycles. The fourth-order valence-corrected chi connectivity index (χ4v) is 6.04. The van der Waals surface area contributed by atoms with Crippen LogP contribution in [0.25, 0.3) is 17.0 Å². The van der Waals surface area contributed by atoms with Gasteiger partial charge < -0.3 is 5.73 Å². The number of carbonyl (C=O) groups is 1. The molecule has 9 nitrogen and oxygen atoms in total. The van der Waals surface area contributed by atoms with E-state index < -0.39 is 15.6 Å². The molecule has 2 bridgehead atoms. The van der Waals surface area contributed by atoms with E-state index in [1.807, 2.05) is 6.92 Å². The SMILES string of the molecule is CC(=O)C12CC(NS(=O)(=O)c3ccc(C)c(-c4cn5c(N)ncnc5n4)c3)(C1)C2. The quantitative estimate of drug-likeness (QED) is 0.648. The number of hydrogen-bond acceptors (Lipinski definition) is 7. The second-order valence-corrected chi connectivity index (χ2v) is 9.94. The van der Waals surface area contributed by atoms with E-state index in [0.717, 1.165) is 5.56 Å². The van der Waals surface area contributed by atoms with Crippen LogP contribution in [0.1, 0.15) is 31.7 Å². The summed E-state index contributed by atoms with van der Waals surface area (Å²) < 4.78 is 30.4. The van der Waals surface area contributed by atoms with Gasteiger partial charge in [0.1, 0.15) is 12.1 Å². The number of aromatic nitrogens is 4. The normalized spacial score (nSPS) is 25.4. The standard InChI is InChI=1S/C19H20N6O3S/c1-11-3-4-13(29(27,28)24-19-7-18(8-19,9-19)12(2)26)5-14(11)15-6-25-16(20)21-10-22-17(25)23-15/h3-6,10,24H,7-9H2,1-2H3,(H2,20,21,22,23). The molecule has 2 aromatic heterocycles. The molecule has 29 heavy (non-hydrogen) atoms. The van der Waals surface area contributed by atoms with Crippen molar-refractivity contribution in [3.8, 4) is 11.3 Å². The molecule has 3 saturated carbocycles. The fourth-order valence-electron chi connectivity index (χ4n) is 4.62. The number of anilines is 1. The highest BCUT2D eigenvalue weighted by Gasteiger charge is 2.71. The summed E-state index contributed by atoms with van der Waals surface area (Å²) in [6.45, 7) is 3.46. The number of aryl methyl sites for hydroxylation is 1. The van der Waals surface area contributed by atoms with Crippen molar-refractivity contribution >= 4 is 27.5 Å². The van der Waals surface area contributed by atoms with Gasteiger partial charge in [0.15, 0.2) is 0 Å². The largest absolute Gasteiger partial charge is 0.369 e. The topological polar surface area (TPSA) is 132 Å². The van der Waals surface area contributed by atoms with Gasteiger partial charge in [-0.05, 0) is 50.8 Å². The predicted molar refractivity (Wildman–Crippen MR) is 105 cm³/mol. The Kier molecular flexibility index (Phi) is 3.52. The highest BCUT2D eigenvalue weighted by molar-refractivity contribution is 7.89. The average molecular weight is 412 g/mol. The molecule has 150 valence electrons. The molecule has 0 unspecified atom stereocenters. The Morgan fingerprint density at radius 1 is 1.24 bits per heavy atom. The maximum absolute atomic E-state index is 13.0. The van der Waals surface area contributed by atoms with Gasteiger partial charge in [-0.2, -0.15) is 0 Å². The molecule has 3 aromatic rings. The second kappa shape index (κ2) is 5.61. The summed E-state index contributed by atoms with van der Waals surface area (Å²) in [5, 5.41) is 0. The molecule has 3 aliphatic rings. The minimum absolute atomic E-state index is 0.144. The number of imidazole rings is 1. The average Bonchev–Trinajstić information content (AvgIpc) is 3.02. The van der Waals surface area contributed by atoms with Crippen LogP contribution < -0.4 is 10.5 Å². The van der Waals surface area contributed by atoms with E-state index in [1.165, 1.54) is 6.33 Å². The highest BCUT2D eigenvalue weighted by atomic mass is 32.2. The minimum atomic E-state index is -3.73. The van der Waals surface area contributed by atoms with Crippen LogP contribution in [0.3, 0.4) is 0 Å². The van der Waals surface area contributed by atoms with Crippen LogP contribution in [0.4, 0.5) is 5.95 Å². The molecule has 0 saturated heterocycles. The monoisotopic (exact) mass is 412 g/mol. The van der Waals surface area contributed by atoms with Crippen LogP contribution in [-0.2, 0) is 14.8 Å². The number of nitrogens with one attached hydrogen (secondary N) is 1. The van der Waals surface area contributed by atoms with Crippen molar-refractivity contribution in [2.75, 3.05) is 5.73 Å². The third-order valence-electron chi connectivity index (χ3n) is 6.22. The van der Waals surface area contributed by atoms with E-state index >= 15 is 0 Å². The van der Waals surface area contributed by atoms with Crippen molar-refractivity contribution in [3.63, 3.8) is 0 Å². The van der Waals surface area contributed by atoms with E-state index in [2.05, 4.69) is 19.7 Å². The first-order chi connectivity index (χ1) is 13.6. The summed E-state index contributed by atoms with van der Waals surface area (Å²) >= 11 is 0. The number of Topliss-reactive ketones (excluding diaryl/α,β-unsaturated/α-hetero) is 1. The van der Waals surface area contributed by atoms with Crippen LogP contribution in [0.2, 0.25) is 0 Å². The van der Waals surface area contributed by atoms with Gasteiger partial charge in [0.2, 0.25) is 21.7 Å². The number of fused-ring (bicyclic) bond motifs is 1. The maximum atomic E-state index is 13.0. The lowest BCUT2D eigenvalue weighted by Gasteiger charge is -2.69. The van der Waals surface area contributed by atoms with Crippen LogP contribution >= 0.6 is 0 Å². The van der Waals surface area contributed by atoms with Gasteiger partial charge in [0.05, 0.1) is 10.6 Å². The number of carbonyl (C=O) groups excluding carboxylic acids is 1. The van der Waals surface area contributed by atoms with Crippen molar-refractivity contribution in [1.29, 1.82) is 0 Å². The Hall–Kier alpha value is -2.85. The van der Waals surface area contributed by atoms with Gasteiger partial charge in [-0.15, -0.1) is 0 Å². The smallest absolute Gasteiger partial charge is 0.241 e. The highest BCUT2D eigenvalue weighted by Crippen LogP contribution is 2.67. The number of hydrogen-bond donors (Lipinski definition) is 2. The Morgan fingerprint density at radius 3 is 2.62 bits per heavy atom. The molecule has 3 fully saturated rings. The van der Waals surface area contributed by atoms with Crippen molar-refractivity contribution in [3.05, 3.63) is 36.3 Å². The van der Waals surface area contributed by atoms with Crippen molar-refractivity contribution < 1.29 is 13.2 Å². The lowest BCUT2D eigenvalue weighted by Crippen LogP contribution is -2.76. The number of nitrogens with zero attached hydrogens (tertiary/aromatic N) is 4. The molecule has 0 spiro atoms. The minimum Gasteiger partial charge on any atom is -0.369 e. The summed E-state index contributed by atoms with van der Waals surface area (Å²) in [7, 11) is -3.73. The number of ketones is 1. The Morgan fingerprint density at radius 2 is 1.97 bits per heavy atom. The number of benzene rings is 1. The number of sulfonamides is 1. The van der Waals surface area contributed by atoms with Crippen LogP contribution in [0.15, 0.2) is 35.6 Å². The van der Waals surface area contributed by atoms with E-state index in [0.29, 0.717) is 36.3 Å². The summed E-state index contributed by atoms with van der Waals surface area (Å²) in [5.74, 6) is 0.784. The zero-order valence-corrected chi connectivity index (χ0v) is 16.8. The maximum Gasteiger partial charge on any atom is 0.241 e. The molecule has 1 aromatic carbocycles. The van der Waals surface area contributed by atoms with E-state index in [9.17, 15) is 13.2 Å². The molecule has 0 radical (unpaired) electrons. The molecule has 0 atom stereocenters. The number of nitrogen functional groups attached to an aromatic ring is 1. The third kappa shape index (κ3) is 2.59. The van der Waals surface area contributed by atoms with E-state index in [4.69, 9.17) is 5.73 Å². The van der Waals surface area contributed by atoms with Crippen LogP contribution in [-0.4, -0.2) is 39.1 Å².